The Labute approximate surface area is 65.8 Å². The monoisotopic (exact) mass is 204 g/mol. The number of hydrogen-bond donors (Lipinski definition) is 1. The predicted octanol–water partition coefficient (Wildman–Crippen LogP) is 2.05. The van der Waals surface area contributed by atoms with Crippen molar-refractivity contribution in [3.05, 3.63) is 22.1 Å². The van der Waals surface area contributed by atoms with Crippen LogP contribution in [0.15, 0.2) is 15.2 Å². The first-order valence-electron chi connectivity index (χ1n) is 2.60. The van der Waals surface area contributed by atoms with Gasteiger partial charge < -0.3 is 9.52 Å². The van der Waals surface area contributed by atoms with E-state index in [1.807, 2.05) is 0 Å². The summed E-state index contributed by atoms with van der Waals surface area (Å²) in [5.74, 6) is -0.550. The summed E-state index contributed by atoms with van der Waals surface area (Å²) >= 11 is 3.02. The highest BCUT2D eigenvalue weighted by molar-refractivity contribution is 9.10. The van der Waals surface area contributed by atoms with Crippen LogP contribution in [0.25, 0.3) is 0 Å². The summed E-state index contributed by atoms with van der Waals surface area (Å²) < 4.78 is 5.36. The molecule has 0 aliphatic heterocycles. The van der Waals surface area contributed by atoms with Crippen LogP contribution in [-0.4, -0.2) is 11.1 Å². The zero-order valence-corrected chi connectivity index (χ0v) is 6.81. The number of aryl methyl sites for hydroxylation is 1. The molecule has 1 heterocycles. The van der Waals surface area contributed by atoms with Gasteiger partial charge >= 0.3 is 5.97 Å². The molecule has 0 saturated heterocycles. The maximum absolute atomic E-state index is 10.4. The van der Waals surface area contributed by atoms with Gasteiger partial charge in [0.25, 0.3) is 0 Å². The molecule has 0 fully saturated rings. The van der Waals surface area contributed by atoms with Crippen molar-refractivity contribution in [2.75, 3.05) is 0 Å². The molecular weight excluding hydrogens is 200 g/mol. The van der Waals surface area contributed by atoms with Gasteiger partial charge in [0.2, 0.25) is 0 Å². The Hall–Kier alpha value is -0.770. The lowest BCUT2D eigenvalue weighted by atomic mass is 10.3. The molecule has 0 atom stereocenters. The molecule has 3 nitrogen and oxygen atoms in total. The lowest BCUT2D eigenvalue weighted by molar-refractivity contribution is 0.0695. The average Bonchev–Trinajstić information content (AvgIpc) is 2.10. The Morgan fingerprint density at radius 3 is 2.60 bits per heavy atom. The normalized spacial score (nSPS) is 9.80. The molecule has 0 amide bonds. The summed E-state index contributed by atoms with van der Waals surface area (Å²) in [5.41, 5.74) is 0.201. The predicted molar refractivity (Wildman–Crippen MR) is 38.1 cm³/mol. The Morgan fingerprint density at radius 1 is 1.80 bits per heavy atom. The molecule has 0 aliphatic rings. The Bertz CT molecular complexity index is 264. The second-order valence-corrected chi connectivity index (χ2v) is 2.61. The van der Waals surface area contributed by atoms with Crippen molar-refractivity contribution in [1.82, 2.24) is 0 Å². The Kier molecular flexibility index (Phi) is 1.80. The molecule has 0 radical (unpaired) electrons. The molecule has 0 saturated carbocycles. The number of aromatic carboxylic acids is 1. The van der Waals surface area contributed by atoms with Gasteiger partial charge in [0.1, 0.15) is 11.3 Å². The lowest BCUT2D eigenvalue weighted by Crippen LogP contribution is -1.94. The smallest absolute Gasteiger partial charge is 0.339 e. The van der Waals surface area contributed by atoms with Crippen LogP contribution in [0.3, 0.4) is 0 Å². The number of furan rings is 1. The van der Waals surface area contributed by atoms with E-state index in [1.165, 1.54) is 6.07 Å². The largest absolute Gasteiger partial charge is 0.478 e. The van der Waals surface area contributed by atoms with E-state index in [9.17, 15) is 4.79 Å². The van der Waals surface area contributed by atoms with Crippen LogP contribution in [0.5, 0.6) is 0 Å². The number of carbonyl (C=O) groups is 1. The van der Waals surface area contributed by atoms with Gasteiger partial charge in [-0.2, -0.15) is 0 Å². The highest BCUT2D eigenvalue weighted by atomic mass is 79.9. The van der Waals surface area contributed by atoms with E-state index in [4.69, 9.17) is 9.52 Å². The standard InChI is InChI=1S/C6H5BrO3/c1-3-4(6(8)9)2-5(7)10-3/h2H,1H3,(H,8,9). The van der Waals surface area contributed by atoms with E-state index in [1.54, 1.807) is 6.92 Å². The molecule has 54 valence electrons. The molecule has 0 aromatic carbocycles. The number of carboxylic acid groups (broad SMARTS) is 1. The fourth-order valence-electron chi connectivity index (χ4n) is 0.658. The van der Waals surface area contributed by atoms with Crippen LogP contribution in [0.1, 0.15) is 16.1 Å². The minimum absolute atomic E-state index is 0.201. The first kappa shape index (κ1) is 7.34. The molecule has 10 heavy (non-hydrogen) atoms. The van der Waals surface area contributed by atoms with Crippen LogP contribution in [0.2, 0.25) is 0 Å². The van der Waals surface area contributed by atoms with Crippen molar-refractivity contribution in [2.24, 2.45) is 0 Å². The Balaban J connectivity index is 3.15. The second-order valence-electron chi connectivity index (χ2n) is 1.83. The van der Waals surface area contributed by atoms with Gasteiger partial charge in [-0.1, -0.05) is 0 Å². The maximum Gasteiger partial charge on any atom is 0.339 e. The first-order valence-corrected chi connectivity index (χ1v) is 3.40. The molecule has 1 aromatic rings. The maximum atomic E-state index is 10.4. The van der Waals surface area contributed by atoms with Gasteiger partial charge in [-0.05, 0) is 22.9 Å². The van der Waals surface area contributed by atoms with Crippen molar-refractivity contribution in [1.29, 1.82) is 0 Å². The third kappa shape index (κ3) is 1.21. The molecule has 0 bridgehead atoms. The van der Waals surface area contributed by atoms with Crippen LogP contribution in [0.4, 0.5) is 0 Å². The molecule has 1 rings (SSSR count). The third-order valence-corrected chi connectivity index (χ3v) is 1.51. The highest BCUT2D eigenvalue weighted by Crippen LogP contribution is 2.18. The van der Waals surface area contributed by atoms with Crippen LogP contribution >= 0.6 is 15.9 Å². The van der Waals surface area contributed by atoms with Gasteiger partial charge in [-0.3, -0.25) is 0 Å². The van der Waals surface area contributed by atoms with E-state index < -0.39 is 5.97 Å². The molecular formula is C6H5BrO3. The van der Waals surface area contributed by atoms with Crippen LogP contribution in [0, 0.1) is 6.92 Å². The zero-order valence-electron chi connectivity index (χ0n) is 5.22. The lowest BCUT2D eigenvalue weighted by Gasteiger charge is -1.85. The number of halogens is 1. The van der Waals surface area contributed by atoms with E-state index in [0.29, 0.717) is 10.4 Å². The van der Waals surface area contributed by atoms with Gasteiger partial charge in [-0.15, -0.1) is 0 Å². The molecule has 0 spiro atoms. The Morgan fingerprint density at radius 2 is 2.40 bits per heavy atom. The van der Waals surface area contributed by atoms with Gasteiger partial charge in [0.15, 0.2) is 4.67 Å². The minimum Gasteiger partial charge on any atom is -0.478 e. The summed E-state index contributed by atoms with van der Waals surface area (Å²) in [6.07, 6.45) is 0. The van der Waals surface area contributed by atoms with E-state index >= 15 is 0 Å². The van der Waals surface area contributed by atoms with Gasteiger partial charge in [0, 0.05) is 6.07 Å². The minimum atomic E-state index is -0.966. The van der Waals surface area contributed by atoms with Gasteiger partial charge in [0.05, 0.1) is 0 Å². The summed E-state index contributed by atoms with van der Waals surface area (Å²) in [6.45, 7) is 1.61. The first-order chi connectivity index (χ1) is 4.61. The molecule has 0 aliphatic carbocycles. The molecule has 0 unspecified atom stereocenters. The summed E-state index contributed by atoms with van der Waals surface area (Å²) in [7, 11) is 0. The van der Waals surface area contributed by atoms with Gasteiger partial charge in [-0.25, -0.2) is 4.79 Å². The van der Waals surface area contributed by atoms with E-state index in [2.05, 4.69) is 15.9 Å². The zero-order chi connectivity index (χ0) is 7.72. The summed E-state index contributed by atoms with van der Waals surface area (Å²) in [6, 6.07) is 1.43. The summed E-state index contributed by atoms with van der Waals surface area (Å²) in [5, 5.41) is 8.50. The van der Waals surface area contributed by atoms with Crippen molar-refractivity contribution in [3.63, 3.8) is 0 Å². The number of carboxylic acids is 1. The SMILES string of the molecule is Cc1oc(Br)cc1C(=O)O. The van der Waals surface area contributed by atoms with Crippen molar-refractivity contribution < 1.29 is 14.3 Å². The van der Waals surface area contributed by atoms with E-state index in [0.717, 1.165) is 0 Å². The van der Waals surface area contributed by atoms with E-state index in [-0.39, 0.29) is 5.56 Å². The van der Waals surface area contributed by atoms with Crippen molar-refractivity contribution in [3.8, 4) is 0 Å². The van der Waals surface area contributed by atoms with Crippen molar-refractivity contribution in [2.45, 2.75) is 6.92 Å². The molecule has 1 N–H and O–H groups in total. The fourth-order valence-corrected chi connectivity index (χ4v) is 1.13. The highest BCUT2D eigenvalue weighted by Gasteiger charge is 2.11. The number of rotatable bonds is 1. The quantitative estimate of drug-likeness (QED) is 0.763. The second kappa shape index (κ2) is 2.46. The third-order valence-electron chi connectivity index (χ3n) is 1.12. The molecule has 4 heteroatoms. The van der Waals surface area contributed by atoms with Crippen molar-refractivity contribution >= 4 is 21.9 Å². The van der Waals surface area contributed by atoms with Crippen LogP contribution < -0.4 is 0 Å². The topological polar surface area (TPSA) is 50.4 Å². The fraction of sp³-hybridized carbons (Fsp3) is 0.167. The average molecular weight is 205 g/mol. The molecule has 1 aromatic heterocycles. The summed E-state index contributed by atoms with van der Waals surface area (Å²) in [4.78, 5) is 10.4. The van der Waals surface area contributed by atoms with Crippen LogP contribution in [-0.2, 0) is 0 Å². The number of hydrogen-bond acceptors (Lipinski definition) is 2.